The van der Waals surface area contributed by atoms with E-state index in [9.17, 15) is 24.8 Å². The number of piperazine rings is 1. The van der Waals surface area contributed by atoms with Crippen molar-refractivity contribution in [2.24, 2.45) is 0 Å². The fourth-order valence-electron chi connectivity index (χ4n) is 3.28. The molecule has 4 heterocycles. The number of aliphatic hydroxyl groups is 1. The molecule has 5 rings (SSSR count). The summed E-state index contributed by atoms with van der Waals surface area (Å²) in [5.74, 6) is -0.682. The maximum atomic E-state index is 13.0. The van der Waals surface area contributed by atoms with Crippen molar-refractivity contribution in [1.29, 1.82) is 0 Å². The minimum absolute atomic E-state index is 0.133. The van der Waals surface area contributed by atoms with Crippen molar-refractivity contribution >= 4 is 44.8 Å². The second kappa shape index (κ2) is 4.40. The van der Waals surface area contributed by atoms with Gasteiger partial charge in [-0.25, -0.2) is 0 Å². The maximum absolute atomic E-state index is 13.0. The van der Waals surface area contributed by atoms with Crippen LogP contribution < -0.4 is 4.90 Å². The smallest absolute Gasteiger partial charge is 0.271 e. The van der Waals surface area contributed by atoms with E-state index in [2.05, 4.69) is 0 Å². The largest absolute Gasteiger partial charge is 0.392 e. The highest BCUT2D eigenvalue weighted by molar-refractivity contribution is 8.78. The maximum Gasteiger partial charge on any atom is 0.271 e. The molecule has 0 aliphatic carbocycles. The fourth-order valence-corrected chi connectivity index (χ4v) is 6.79. The van der Waals surface area contributed by atoms with Crippen molar-refractivity contribution in [3.05, 3.63) is 33.9 Å². The molecule has 1 spiro atoms. The van der Waals surface area contributed by atoms with Gasteiger partial charge < -0.3 is 10.0 Å². The van der Waals surface area contributed by atoms with Crippen molar-refractivity contribution in [1.82, 2.24) is 4.90 Å². The van der Waals surface area contributed by atoms with Gasteiger partial charge in [0.05, 0.1) is 17.2 Å². The Labute approximate surface area is 138 Å². The van der Waals surface area contributed by atoms with E-state index in [1.165, 1.54) is 50.6 Å². The number of nitro benzene ring substituents is 1. The number of benzene rings is 1. The third kappa shape index (κ3) is 1.53. The molecule has 2 atom stereocenters. The van der Waals surface area contributed by atoms with Crippen LogP contribution in [0.25, 0.3) is 0 Å². The van der Waals surface area contributed by atoms with Crippen molar-refractivity contribution in [3.8, 4) is 0 Å². The van der Waals surface area contributed by atoms with E-state index < -0.39 is 27.2 Å². The molecule has 1 aromatic rings. The first-order valence-electron chi connectivity index (χ1n) is 6.75. The summed E-state index contributed by atoms with van der Waals surface area (Å²) in [6.45, 7) is -0.511. The lowest BCUT2D eigenvalue weighted by atomic mass is 10.0. The zero-order valence-electron chi connectivity index (χ0n) is 11.9. The highest BCUT2D eigenvalue weighted by Gasteiger charge is 2.71. The Balaban J connectivity index is 1.93. The summed E-state index contributed by atoms with van der Waals surface area (Å²) in [6, 6.07) is 4.29. The molecule has 0 radical (unpaired) electrons. The minimum atomic E-state index is -1.38. The van der Waals surface area contributed by atoms with Gasteiger partial charge in [-0.3, -0.25) is 24.6 Å². The number of nitro groups is 1. The van der Waals surface area contributed by atoms with Gasteiger partial charge in [-0.1, -0.05) is 10.8 Å². The number of fused-ring (bicyclic) bond motifs is 3. The number of likely N-dealkylation sites (N-methyl/N-ethyl adjacent to an activating group) is 1. The second-order valence-corrected chi connectivity index (χ2v) is 8.33. The molecule has 120 valence electrons. The molecule has 3 fully saturated rings. The lowest BCUT2D eigenvalue weighted by molar-refractivity contribution is -0.384. The van der Waals surface area contributed by atoms with Gasteiger partial charge in [0.25, 0.3) is 17.5 Å². The fraction of sp³-hybridized carbons (Fsp3) is 0.385. The molecule has 1 N–H and O–H groups in total. The number of amides is 2. The number of rotatable bonds is 2. The Hall–Kier alpha value is -1.78. The first-order chi connectivity index (χ1) is 10.9. The van der Waals surface area contributed by atoms with E-state index >= 15 is 0 Å². The Kier molecular flexibility index (Phi) is 2.83. The first kappa shape index (κ1) is 14.8. The molecule has 0 saturated carbocycles. The number of hydrogen-bond acceptors (Lipinski definition) is 7. The summed E-state index contributed by atoms with van der Waals surface area (Å²) in [6.07, 6.45) is 0.300. The molecule has 2 unspecified atom stereocenters. The molecule has 4 aliphatic heterocycles. The standard InChI is InChI=1S/C13H11N3O5S2/c1-14-10(18)12-5-7-2-3-8(16(20)21)4-9(7)15(12)11(19)13(14,6-17)23-22-12/h2-4,17H,5-6H2,1H3. The van der Waals surface area contributed by atoms with Gasteiger partial charge in [0, 0.05) is 25.6 Å². The second-order valence-electron chi connectivity index (χ2n) is 5.65. The monoisotopic (exact) mass is 353 g/mol. The number of non-ortho nitro benzene ring substituents is 1. The highest BCUT2D eigenvalue weighted by Crippen LogP contribution is 2.63. The van der Waals surface area contributed by atoms with Crippen LogP contribution in [-0.4, -0.2) is 50.1 Å². The Morgan fingerprint density at radius 2 is 2.09 bits per heavy atom. The van der Waals surface area contributed by atoms with Crippen molar-refractivity contribution < 1.29 is 19.6 Å². The molecular weight excluding hydrogens is 342 g/mol. The lowest BCUT2D eigenvalue weighted by Crippen LogP contribution is -2.77. The molecule has 10 heteroatoms. The average molecular weight is 353 g/mol. The van der Waals surface area contributed by atoms with Crippen molar-refractivity contribution in [3.63, 3.8) is 0 Å². The summed E-state index contributed by atoms with van der Waals surface area (Å²) in [4.78, 5) is 36.4. The first-order valence-corrected chi connectivity index (χ1v) is 8.90. The number of nitrogens with zero attached hydrogens (tertiary/aromatic N) is 3. The number of hydrogen-bond donors (Lipinski definition) is 1. The van der Waals surface area contributed by atoms with Crippen LogP contribution in [0.15, 0.2) is 18.2 Å². The molecule has 8 nitrogen and oxygen atoms in total. The third-order valence-electron chi connectivity index (χ3n) is 4.56. The summed E-state index contributed by atoms with van der Waals surface area (Å²) in [5.41, 5.74) is 0.970. The quantitative estimate of drug-likeness (QED) is 0.475. The van der Waals surface area contributed by atoms with E-state index in [0.29, 0.717) is 12.1 Å². The van der Waals surface area contributed by atoms with E-state index in [1.54, 1.807) is 6.07 Å². The van der Waals surface area contributed by atoms with Gasteiger partial charge in [-0.15, -0.1) is 0 Å². The Bertz CT molecular complexity index is 787. The van der Waals surface area contributed by atoms with Crippen LogP contribution >= 0.6 is 21.6 Å². The number of carbonyl (C=O) groups excluding carboxylic acids is 2. The molecule has 2 bridgehead atoms. The zero-order valence-corrected chi connectivity index (χ0v) is 13.5. The van der Waals surface area contributed by atoms with Crippen molar-refractivity contribution in [2.75, 3.05) is 18.6 Å². The van der Waals surface area contributed by atoms with Crippen LogP contribution in [0.2, 0.25) is 0 Å². The van der Waals surface area contributed by atoms with Crippen LogP contribution in [0, 0.1) is 10.1 Å². The molecule has 2 amide bonds. The van der Waals surface area contributed by atoms with Crippen LogP contribution in [0.5, 0.6) is 0 Å². The SMILES string of the molecule is CN1C(=O)C23Cc4ccc([N+](=O)[O-])cc4N2C(=O)C1(CO)SS3. The molecule has 23 heavy (non-hydrogen) atoms. The summed E-state index contributed by atoms with van der Waals surface area (Å²) < 4.78 is 0. The molecular formula is C13H11N3O5S2. The number of carbonyl (C=O) groups is 2. The van der Waals surface area contributed by atoms with Gasteiger partial charge in [-0.05, 0) is 22.4 Å². The average Bonchev–Trinajstić information content (AvgIpc) is 2.88. The zero-order chi connectivity index (χ0) is 16.6. The summed E-state index contributed by atoms with van der Waals surface area (Å²) in [5, 5.41) is 20.8. The minimum Gasteiger partial charge on any atom is -0.392 e. The van der Waals surface area contributed by atoms with E-state index in [4.69, 9.17) is 0 Å². The van der Waals surface area contributed by atoms with Gasteiger partial charge in [0.1, 0.15) is 0 Å². The molecule has 3 saturated heterocycles. The van der Waals surface area contributed by atoms with Gasteiger partial charge >= 0.3 is 0 Å². The molecule has 0 aromatic heterocycles. The molecule has 4 aliphatic rings. The summed E-state index contributed by atoms with van der Waals surface area (Å²) in [7, 11) is 3.92. The highest BCUT2D eigenvalue weighted by atomic mass is 33.1. The van der Waals surface area contributed by atoms with Crippen LogP contribution in [0.3, 0.4) is 0 Å². The van der Waals surface area contributed by atoms with Crippen LogP contribution in [-0.2, 0) is 16.0 Å². The van der Waals surface area contributed by atoms with Crippen LogP contribution in [0.1, 0.15) is 5.56 Å². The normalized spacial score (nSPS) is 31.4. The summed E-state index contributed by atoms with van der Waals surface area (Å²) >= 11 is 0. The predicted octanol–water partition coefficient (Wildman–Crippen LogP) is 0.736. The van der Waals surface area contributed by atoms with E-state index in [1.807, 2.05) is 0 Å². The van der Waals surface area contributed by atoms with E-state index in [-0.39, 0.29) is 11.6 Å². The lowest BCUT2D eigenvalue weighted by Gasteiger charge is -2.57. The predicted molar refractivity (Wildman–Crippen MR) is 84.8 cm³/mol. The molecule has 1 aromatic carbocycles. The Morgan fingerprint density at radius 1 is 1.35 bits per heavy atom. The number of anilines is 1. The van der Waals surface area contributed by atoms with Gasteiger partial charge in [0.2, 0.25) is 4.87 Å². The number of aliphatic hydroxyl groups excluding tert-OH is 1. The van der Waals surface area contributed by atoms with Gasteiger partial charge in [0.15, 0.2) is 4.87 Å². The Morgan fingerprint density at radius 3 is 2.74 bits per heavy atom. The van der Waals surface area contributed by atoms with Gasteiger partial charge in [-0.2, -0.15) is 0 Å². The van der Waals surface area contributed by atoms with Crippen molar-refractivity contribution in [2.45, 2.75) is 16.2 Å². The third-order valence-corrected chi connectivity index (χ3v) is 8.18. The topological polar surface area (TPSA) is 104 Å². The van der Waals surface area contributed by atoms with Crippen LogP contribution in [0.4, 0.5) is 11.4 Å². The van der Waals surface area contributed by atoms with E-state index in [0.717, 1.165) is 5.56 Å².